The molecule has 3 N–H and O–H groups in total. The van der Waals surface area contributed by atoms with E-state index in [2.05, 4.69) is 33.7 Å². The molecule has 0 bridgehead atoms. The number of thioether (sulfide) groups is 1. The summed E-state index contributed by atoms with van der Waals surface area (Å²) in [5, 5.41) is 13.7. The van der Waals surface area contributed by atoms with Crippen LogP contribution in [-0.2, 0) is 11.2 Å². The molecule has 8 heteroatoms. The van der Waals surface area contributed by atoms with Crippen LogP contribution >= 0.6 is 23.1 Å². The van der Waals surface area contributed by atoms with Crippen LogP contribution in [0.5, 0.6) is 0 Å². The van der Waals surface area contributed by atoms with E-state index < -0.39 is 0 Å². The van der Waals surface area contributed by atoms with Crippen molar-refractivity contribution in [2.45, 2.75) is 42.6 Å². The van der Waals surface area contributed by atoms with Gasteiger partial charge in [-0.05, 0) is 48.8 Å². The van der Waals surface area contributed by atoms with Crippen LogP contribution in [0.2, 0.25) is 0 Å². The maximum atomic E-state index is 12.7. The molecule has 0 aliphatic heterocycles. The number of nitrogens with two attached hydrogens (primary N) is 1. The number of nitrogens with one attached hydrogen (secondary N) is 1. The van der Waals surface area contributed by atoms with Crippen molar-refractivity contribution in [3.8, 4) is 10.7 Å². The molecule has 1 aromatic carbocycles. The number of hydrogen-bond donors (Lipinski definition) is 2. The molecule has 0 unspecified atom stereocenters. The lowest BCUT2D eigenvalue weighted by atomic mass is 9.88. The van der Waals surface area contributed by atoms with E-state index >= 15 is 0 Å². The molecule has 4 rings (SSSR count). The summed E-state index contributed by atoms with van der Waals surface area (Å²) in [4.78, 5) is 13.7. The standard InChI is InChI=1S/C19H21N5OS2/c1-12(27-19-23-22-17(24(19)20)16-10-5-11-26-16)18(25)21-15-9-4-7-13-6-2-3-8-14(13)15/h2-3,5-6,8,10-12,15H,4,7,9,20H2,1H3,(H,21,25)/t12-,15-/m1/s1. The lowest BCUT2D eigenvalue weighted by Crippen LogP contribution is -2.36. The van der Waals surface area contributed by atoms with Crippen LogP contribution in [0, 0.1) is 0 Å². The maximum Gasteiger partial charge on any atom is 0.233 e. The predicted molar refractivity (Wildman–Crippen MR) is 109 cm³/mol. The molecule has 6 nitrogen and oxygen atoms in total. The second-order valence-corrected chi connectivity index (χ2v) is 8.82. The van der Waals surface area contributed by atoms with Gasteiger partial charge in [0.2, 0.25) is 11.1 Å². The minimum atomic E-state index is -0.318. The van der Waals surface area contributed by atoms with E-state index in [-0.39, 0.29) is 17.2 Å². The highest BCUT2D eigenvalue weighted by Gasteiger charge is 2.25. The van der Waals surface area contributed by atoms with Crippen molar-refractivity contribution in [1.82, 2.24) is 20.2 Å². The second-order valence-electron chi connectivity index (χ2n) is 6.57. The van der Waals surface area contributed by atoms with Crippen molar-refractivity contribution in [3.63, 3.8) is 0 Å². The average molecular weight is 400 g/mol. The van der Waals surface area contributed by atoms with Crippen LogP contribution in [-0.4, -0.2) is 26.0 Å². The normalized spacial score (nSPS) is 17.3. The number of rotatable bonds is 5. The summed E-state index contributed by atoms with van der Waals surface area (Å²) in [5.74, 6) is 6.74. The highest BCUT2D eigenvalue weighted by molar-refractivity contribution is 8.00. The van der Waals surface area contributed by atoms with Crippen molar-refractivity contribution in [3.05, 3.63) is 52.9 Å². The van der Waals surface area contributed by atoms with E-state index in [1.165, 1.54) is 27.6 Å². The van der Waals surface area contributed by atoms with E-state index in [1.807, 2.05) is 30.5 Å². The molecule has 2 aromatic heterocycles. The Bertz CT molecular complexity index is 937. The third-order valence-corrected chi connectivity index (χ3v) is 6.67. The highest BCUT2D eigenvalue weighted by Crippen LogP contribution is 2.31. The summed E-state index contributed by atoms with van der Waals surface area (Å²) in [6.45, 7) is 1.87. The number of aryl methyl sites for hydroxylation is 1. The first-order valence-electron chi connectivity index (χ1n) is 8.92. The van der Waals surface area contributed by atoms with Crippen LogP contribution in [0.3, 0.4) is 0 Å². The van der Waals surface area contributed by atoms with Crippen LogP contribution < -0.4 is 11.2 Å². The van der Waals surface area contributed by atoms with Crippen LogP contribution in [0.15, 0.2) is 46.9 Å². The minimum Gasteiger partial charge on any atom is -0.348 e. The number of hydrogen-bond acceptors (Lipinski definition) is 6. The van der Waals surface area contributed by atoms with E-state index in [9.17, 15) is 4.79 Å². The number of fused-ring (bicyclic) bond motifs is 1. The molecule has 1 aliphatic rings. The Morgan fingerprint density at radius 1 is 1.33 bits per heavy atom. The molecular weight excluding hydrogens is 378 g/mol. The largest absolute Gasteiger partial charge is 0.348 e. The van der Waals surface area contributed by atoms with E-state index in [0.29, 0.717) is 11.0 Å². The zero-order chi connectivity index (χ0) is 18.8. The van der Waals surface area contributed by atoms with Gasteiger partial charge >= 0.3 is 0 Å². The van der Waals surface area contributed by atoms with Gasteiger partial charge in [-0.3, -0.25) is 4.79 Å². The van der Waals surface area contributed by atoms with Gasteiger partial charge in [0.25, 0.3) is 0 Å². The zero-order valence-corrected chi connectivity index (χ0v) is 16.6. The topological polar surface area (TPSA) is 85.8 Å². The molecule has 27 heavy (non-hydrogen) atoms. The van der Waals surface area contributed by atoms with Gasteiger partial charge in [0.15, 0.2) is 5.82 Å². The Morgan fingerprint density at radius 2 is 2.19 bits per heavy atom. The molecule has 1 amide bonds. The molecular formula is C19H21N5OS2. The third kappa shape index (κ3) is 3.72. The molecule has 140 valence electrons. The smallest absolute Gasteiger partial charge is 0.233 e. The number of carbonyl (C=O) groups excluding carboxylic acids is 1. The first kappa shape index (κ1) is 18.1. The lowest BCUT2D eigenvalue weighted by Gasteiger charge is -2.27. The number of aromatic nitrogens is 3. The predicted octanol–water partition coefficient (Wildman–Crippen LogP) is 3.39. The van der Waals surface area contributed by atoms with Gasteiger partial charge in [0.05, 0.1) is 16.2 Å². The Balaban J connectivity index is 1.44. The van der Waals surface area contributed by atoms with Gasteiger partial charge in [-0.2, -0.15) is 0 Å². The lowest BCUT2D eigenvalue weighted by molar-refractivity contribution is -0.121. The number of carbonyl (C=O) groups is 1. The average Bonchev–Trinajstić information content (AvgIpc) is 3.32. The van der Waals surface area contributed by atoms with Crippen molar-refractivity contribution in [2.75, 3.05) is 5.84 Å². The second kappa shape index (κ2) is 7.74. The van der Waals surface area contributed by atoms with Crippen molar-refractivity contribution >= 4 is 29.0 Å². The van der Waals surface area contributed by atoms with Gasteiger partial charge in [-0.25, -0.2) is 4.68 Å². The zero-order valence-electron chi connectivity index (χ0n) is 15.0. The molecule has 0 saturated carbocycles. The fourth-order valence-corrected chi connectivity index (χ4v) is 4.82. The Morgan fingerprint density at radius 3 is 3.00 bits per heavy atom. The van der Waals surface area contributed by atoms with Gasteiger partial charge < -0.3 is 11.2 Å². The molecule has 0 spiro atoms. The van der Waals surface area contributed by atoms with E-state index in [0.717, 1.165) is 24.1 Å². The monoisotopic (exact) mass is 399 g/mol. The number of amides is 1. The molecule has 1 aliphatic carbocycles. The Hall–Kier alpha value is -2.32. The molecule has 0 radical (unpaired) electrons. The summed E-state index contributed by atoms with van der Waals surface area (Å²) in [6.07, 6.45) is 3.13. The number of thiophene rings is 1. The Labute approximate surface area is 166 Å². The van der Waals surface area contributed by atoms with Crippen LogP contribution in [0.4, 0.5) is 0 Å². The molecule has 0 saturated heterocycles. The van der Waals surface area contributed by atoms with Crippen molar-refractivity contribution < 1.29 is 4.79 Å². The van der Waals surface area contributed by atoms with Gasteiger partial charge in [-0.1, -0.05) is 42.1 Å². The van der Waals surface area contributed by atoms with E-state index in [1.54, 1.807) is 11.3 Å². The quantitative estimate of drug-likeness (QED) is 0.507. The number of nitrogens with zero attached hydrogens (tertiary/aromatic N) is 3. The van der Waals surface area contributed by atoms with Gasteiger partial charge in [0.1, 0.15) is 0 Å². The Kier molecular flexibility index (Phi) is 5.18. The van der Waals surface area contributed by atoms with Crippen molar-refractivity contribution in [2.24, 2.45) is 0 Å². The fourth-order valence-electron chi connectivity index (χ4n) is 3.34. The van der Waals surface area contributed by atoms with Gasteiger partial charge in [-0.15, -0.1) is 21.5 Å². The number of benzene rings is 1. The molecule has 2 atom stereocenters. The third-order valence-electron chi connectivity index (χ3n) is 4.74. The molecule has 0 fully saturated rings. The minimum absolute atomic E-state index is 0.0117. The summed E-state index contributed by atoms with van der Waals surface area (Å²) in [5.41, 5.74) is 2.56. The van der Waals surface area contributed by atoms with Crippen molar-refractivity contribution in [1.29, 1.82) is 0 Å². The SMILES string of the molecule is C[C@@H](Sc1nnc(-c2cccs2)n1N)C(=O)N[C@@H]1CCCc2ccccc21. The highest BCUT2D eigenvalue weighted by atomic mass is 32.2. The maximum absolute atomic E-state index is 12.7. The van der Waals surface area contributed by atoms with Crippen LogP contribution in [0.25, 0.3) is 10.7 Å². The first-order valence-corrected chi connectivity index (χ1v) is 10.7. The van der Waals surface area contributed by atoms with Crippen LogP contribution in [0.1, 0.15) is 36.9 Å². The summed E-state index contributed by atoms with van der Waals surface area (Å²) < 4.78 is 1.45. The number of nitrogen functional groups attached to an aromatic ring is 1. The van der Waals surface area contributed by atoms with Gasteiger partial charge in [0, 0.05) is 0 Å². The first-order chi connectivity index (χ1) is 13.1. The molecule has 3 aromatic rings. The van der Waals surface area contributed by atoms with E-state index in [4.69, 9.17) is 5.84 Å². The summed E-state index contributed by atoms with van der Waals surface area (Å²) in [7, 11) is 0. The summed E-state index contributed by atoms with van der Waals surface area (Å²) >= 11 is 2.88. The molecule has 2 heterocycles. The summed E-state index contributed by atoms with van der Waals surface area (Å²) in [6, 6.07) is 12.3. The fraction of sp³-hybridized carbons (Fsp3) is 0.316.